The largest absolute Gasteiger partial charge is 2.00 e. The molecule has 0 unspecified atom stereocenters. The van der Waals surface area contributed by atoms with Crippen molar-refractivity contribution in [1.29, 1.82) is 0 Å². The summed E-state index contributed by atoms with van der Waals surface area (Å²) >= 11 is 0. The van der Waals surface area contributed by atoms with E-state index in [0.717, 1.165) is 0 Å². The summed E-state index contributed by atoms with van der Waals surface area (Å²) in [6, 6.07) is 0. The zero-order valence-electron chi connectivity index (χ0n) is 15.4. The molecule has 0 fully saturated rings. The Morgan fingerprint density at radius 2 is 1.58 bits per heavy atom. The van der Waals surface area contributed by atoms with E-state index >= 15 is 0 Å². The molecule has 0 saturated carbocycles. The third-order valence-electron chi connectivity index (χ3n) is 3.20. The SMILES string of the molecule is CC(C)(CO)[C@@H](O)C(=O)NCCC(=O)[O-].C[C@@](O)(CCO)CC(=O)[O-].[Ca+2]. The molecule has 0 aliphatic heterocycles. The molecule has 0 aliphatic carbocycles. The molecule has 2 atom stereocenters. The van der Waals surface area contributed by atoms with E-state index in [-0.39, 0.29) is 70.3 Å². The first kappa shape index (κ1) is 30.2. The number of carboxylic acids is 2. The van der Waals surface area contributed by atoms with Crippen LogP contribution in [0.2, 0.25) is 0 Å². The summed E-state index contributed by atoms with van der Waals surface area (Å²) in [7, 11) is 0. The van der Waals surface area contributed by atoms with Crippen molar-refractivity contribution < 1.29 is 45.0 Å². The van der Waals surface area contributed by atoms with Crippen molar-refractivity contribution in [3.8, 4) is 0 Å². The van der Waals surface area contributed by atoms with Crippen LogP contribution in [0.4, 0.5) is 0 Å². The standard InChI is InChI=1S/C9H17NO5.C6H12O4.Ca/c1-9(2,5-11)7(14)8(15)10-4-3-6(12)13;1-6(10,2-3-7)4-5(8)9;/h7,11,14H,3-5H2,1-2H3,(H,10,15)(H,12,13);7,10H,2-4H2,1H3,(H,8,9);/q;;+2/p-2/t7-;6-;/m01./s1. The van der Waals surface area contributed by atoms with Crippen molar-refractivity contribution in [3.63, 3.8) is 0 Å². The molecule has 0 bridgehead atoms. The number of aliphatic hydroxyl groups excluding tert-OH is 3. The van der Waals surface area contributed by atoms with Gasteiger partial charge in [0.1, 0.15) is 6.10 Å². The smallest absolute Gasteiger partial charge is 0.550 e. The number of hydrogen-bond acceptors (Lipinski definition) is 9. The van der Waals surface area contributed by atoms with Crippen LogP contribution in [0, 0.1) is 5.41 Å². The number of aliphatic carboxylic acids is 2. The summed E-state index contributed by atoms with van der Waals surface area (Å²) in [4.78, 5) is 31.2. The summed E-state index contributed by atoms with van der Waals surface area (Å²) in [5.74, 6) is -3.28. The Morgan fingerprint density at radius 3 is 1.92 bits per heavy atom. The zero-order chi connectivity index (χ0) is 20.3. The van der Waals surface area contributed by atoms with E-state index in [1.54, 1.807) is 0 Å². The van der Waals surface area contributed by atoms with Gasteiger partial charge >= 0.3 is 37.7 Å². The fraction of sp³-hybridized carbons (Fsp3) is 0.800. The Bertz CT molecular complexity index is 441. The van der Waals surface area contributed by atoms with Gasteiger partial charge < -0.3 is 45.5 Å². The Labute approximate surface area is 182 Å². The zero-order valence-corrected chi connectivity index (χ0v) is 17.6. The van der Waals surface area contributed by atoms with Crippen molar-refractivity contribution in [3.05, 3.63) is 0 Å². The van der Waals surface area contributed by atoms with Crippen LogP contribution in [-0.2, 0) is 14.4 Å². The summed E-state index contributed by atoms with van der Waals surface area (Å²) in [6.45, 7) is 3.73. The number of rotatable bonds is 10. The summed E-state index contributed by atoms with van der Waals surface area (Å²) in [6.07, 6.45) is -2.06. The minimum absolute atomic E-state index is 0. The summed E-state index contributed by atoms with van der Waals surface area (Å²) in [5.41, 5.74) is -2.29. The van der Waals surface area contributed by atoms with Gasteiger partial charge in [0.2, 0.25) is 5.91 Å². The molecule has 0 aromatic carbocycles. The molecule has 0 saturated heterocycles. The maximum absolute atomic E-state index is 11.2. The van der Waals surface area contributed by atoms with Crippen LogP contribution in [-0.4, -0.2) is 107 Å². The van der Waals surface area contributed by atoms with Crippen molar-refractivity contribution in [2.24, 2.45) is 5.41 Å². The number of carbonyl (C=O) groups excluding carboxylic acids is 3. The maximum atomic E-state index is 11.2. The third kappa shape index (κ3) is 15.7. The van der Waals surface area contributed by atoms with Gasteiger partial charge in [-0.15, -0.1) is 0 Å². The predicted octanol–water partition coefficient (Wildman–Crippen LogP) is -4.50. The number of carbonyl (C=O) groups is 3. The van der Waals surface area contributed by atoms with Gasteiger partial charge in [0.15, 0.2) is 0 Å². The first-order valence-corrected chi connectivity index (χ1v) is 7.58. The van der Waals surface area contributed by atoms with E-state index in [1.165, 1.54) is 20.8 Å². The van der Waals surface area contributed by atoms with Gasteiger partial charge in [-0.05, 0) is 13.3 Å². The predicted molar refractivity (Wildman–Crippen MR) is 87.2 cm³/mol. The normalized spacial score (nSPS) is 14.0. The Kier molecular flexibility index (Phi) is 16.9. The van der Waals surface area contributed by atoms with Gasteiger partial charge in [0.05, 0.1) is 12.2 Å². The number of aliphatic hydroxyl groups is 4. The van der Waals surface area contributed by atoms with Gasteiger partial charge in [-0.2, -0.15) is 0 Å². The van der Waals surface area contributed by atoms with Crippen LogP contribution >= 0.6 is 0 Å². The van der Waals surface area contributed by atoms with Crippen LogP contribution in [0.1, 0.15) is 40.0 Å². The fourth-order valence-electron chi connectivity index (χ4n) is 1.47. The summed E-state index contributed by atoms with van der Waals surface area (Å²) < 4.78 is 0. The van der Waals surface area contributed by atoms with E-state index < -0.39 is 41.4 Å². The first-order chi connectivity index (χ1) is 11.3. The van der Waals surface area contributed by atoms with E-state index in [9.17, 15) is 29.7 Å². The number of carboxylic acid groups (broad SMARTS) is 2. The first-order valence-electron chi connectivity index (χ1n) is 7.58. The van der Waals surface area contributed by atoms with Crippen LogP contribution in [0.15, 0.2) is 0 Å². The Hall–Kier alpha value is -0.490. The molecule has 148 valence electrons. The molecule has 26 heavy (non-hydrogen) atoms. The van der Waals surface area contributed by atoms with Crippen molar-refractivity contribution in [2.75, 3.05) is 19.8 Å². The van der Waals surface area contributed by atoms with E-state index in [0.29, 0.717) is 0 Å². The van der Waals surface area contributed by atoms with Gasteiger partial charge in [-0.25, -0.2) is 0 Å². The minimum Gasteiger partial charge on any atom is -0.550 e. The molecule has 5 N–H and O–H groups in total. The van der Waals surface area contributed by atoms with Gasteiger partial charge in [-0.1, -0.05) is 13.8 Å². The van der Waals surface area contributed by atoms with Crippen LogP contribution in [0.25, 0.3) is 0 Å². The third-order valence-corrected chi connectivity index (χ3v) is 3.20. The van der Waals surface area contributed by atoms with E-state index in [4.69, 9.17) is 15.3 Å². The Morgan fingerprint density at radius 1 is 1.08 bits per heavy atom. The average Bonchev–Trinajstić information content (AvgIpc) is 2.45. The molecule has 0 radical (unpaired) electrons. The molecule has 1 amide bonds. The quantitative estimate of drug-likeness (QED) is 0.223. The molecule has 0 rings (SSSR count). The molecule has 0 aromatic heterocycles. The van der Waals surface area contributed by atoms with Gasteiger partial charge in [0.25, 0.3) is 0 Å². The second kappa shape index (κ2) is 14.6. The number of nitrogens with one attached hydrogen (secondary N) is 1. The van der Waals surface area contributed by atoms with Gasteiger partial charge in [-0.3, -0.25) is 4.79 Å². The van der Waals surface area contributed by atoms with Crippen molar-refractivity contribution in [2.45, 2.75) is 51.7 Å². The summed E-state index contributed by atoms with van der Waals surface area (Å²) in [5, 5.41) is 58.0. The maximum Gasteiger partial charge on any atom is 2.00 e. The van der Waals surface area contributed by atoms with Gasteiger partial charge in [0, 0.05) is 43.3 Å². The molecule has 10 nitrogen and oxygen atoms in total. The van der Waals surface area contributed by atoms with Crippen molar-refractivity contribution >= 4 is 55.6 Å². The van der Waals surface area contributed by atoms with E-state index in [1.807, 2.05) is 0 Å². The number of amides is 1. The molecule has 0 heterocycles. The second-order valence-corrected chi connectivity index (χ2v) is 6.48. The van der Waals surface area contributed by atoms with Crippen LogP contribution in [0.3, 0.4) is 0 Å². The van der Waals surface area contributed by atoms with Crippen molar-refractivity contribution in [1.82, 2.24) is 5.32 Å². The van der Waals surface area contributed by atoms with E-state index in [2.05, 4.69) is 5.32 Å². The molecular weight excluding hydrogens is 378 g/mol. The molecule has 0 aliphatic rings. The molecule has 11 heteroatoms. The molecule has 0 aromatic rings. The Balaban J connectivity index is -0.000000422. The molecule has 0 spiro atoms. The van der Waals surface area contributed by atoms with Crippen LogP contribution in [0.5, 0.6) is 0 Å². The number of hydrogen-bond donors (Lipinski definition) is 5. The van der Waals surface area contributed by atoms with Crippen LogP contribution < -0.4 is 15.5 Å². The minimum atomic E-state index is -1.37. The fourth-order valence-corrected chi connectivity index (χ4v) is 1.47. The molecular formula is C15H27CaNO9. The second-order valence-electron chi connectivity index (χ2n) is 6.48. The monoisotopic (exact) mass is 405 g/mol. The topological polar surface area (TPSA) is 190 Å². The average molecular weight is 405 g/mol.